The molecular formula is C13H18FN3O3. The minimum absolute atomic E-state index is 0.0687. The Bertz CT molecular complexity index is 518. The molecule has 0 aliphatic heterocycles. The van der Waals surface area contributed by atoms with E-state index in [1.54, 1.807) is 13.8 Å². The summed E-state index contributed by atoms with van der Waals surface area (Å²) in [6.45, 7) is 3.45. The van der Waals surface area contributed by atoms with Crippen LogP contribution in [0.5, 0.6) is 0 Å². The summed E-state index contributed by atoms with van der Waals surface area (Å²) in [6, 6.07) is 2.92. The quantitative estimate of drug-likeness (QED) is 0.652. The molecule has 5 N–H and O–H groups in total. The van der Waals surface area contributed by atoms with Crippen LogP contribution in [0.2, 0.25) is 0 Å². The standard InChI is InChI=1S/C13H18FN3O3/c1-3-13(2,20)7-16-12(19)17-8-4-5-10(14)9(6-8)11(15)18/h4-6,20H,3,7H2,1-2H3,(H2,15,18)(H2,16,17,19)/t13-/m0/s1. The van der Waals surface area contributed by atoms with Crippen molar-refractivity contribution in [3.05, 3.63) is 29.6 Å². The van der Waals surface area contributed by atoms with E-state index in [9.17, 15) is 19.1 Å². The molecule has 0 spiro atoms. The third kappa shape index (κ3) is 4.51. The molecule has 1 aromatic carbocycles. The summed E-state index contributed by atoms with van der Waals surface area (Å²) in [7, 11) is 0. The van der Waals surface area contributed by atoms with Crippen molar-refractivity contribution in [2.24, 2.45) is 5.73 Å². The maximum atomic E-state index is 13.2. The third-order valence-electron chi connectivity index (χ3n) is 2.88. The number of rotatable bonds is 5. The van der Waals surface area contributed by atoms with E-state index in [2.05, 4.69) is 10.6 Å². The van der Waals surface area contributed by atoms with Crippen LogP contribution in [-0.4, -0.2) is 29.2 Å². The zero-order valence-corrected chi connectivity index (χ0v) is 11.4. The Kier molecular flexibility index (Phi) is 5.04. The van der Waals surface area contributed by atoms with Crippen LogP contribution in [0, 0.1) is 5.82 Å². The van der Waals surface area contributed by atoms with Gasteiger partial charge in [0.1, 0.15) is 5.82 Å². The van der Waals surface area contributed by atoms with Crippen molar-refractivity contribution in [2.45, 2.75) is 25.9 Å². The number of primary amides is 1. The van der Waals surface area contributed by atoms with Gasteiger partial charge in [0.15, 0.2) is 0 Å². The van der Waals surface area contributed by atoms with Gasteiger partial charge in [-0.1, -0.05) is 6.92 Å². The molecule has 0 bridgehead atoms. The number of anilines is 1. The monoisotopic (exact) mass is 283 g/mol. The van der Waals surface area contributed by atoms with E-state index in [1.807, 2.05) is 0 Å². The Labute approximate surface area is 116 Å². The number of aliphatic hydroxyl groups is 1. The highest BCUT2D eigenvalue weighted by Crippen LogP contribution is 2.14. The lowest BCUT2D eigenvalue weighted by molar-refractivity contribution is 0.0587. The van der Waals surface area contributed by atoms with Gasteiger partial charge < -0.3 is 21.5 Å². The van der Waals surface area contributed by atoms with E-state index in [1.165, 1.54) is 6.07 Å². The average Bonchev–Trinajstić information content (AvgIpc) is 2.38. The molecule has 0 aromatic heterocycles. The minimum Gasteiger partial charge on any atom is -0.388 e. The highest BCUT2D eigenvalue weighted by molar-refractivity contribution is 5.96. The van der Waals surface area contributed by atoms with Crippen LogP contribution in [0.1, 0.15) is 30.6 Å². The van der Waals surface area contributed by atoms with Gasteiger partial charge in [-0.3, -0.25) is 4.79 Å². The SMILES string of the molecule is CC[C@](C)(O)CNC(=O)Nc1ccc(F)c(C(N)=O)c1. The normalized spacial score (nSPS) is 13.4. The van der Waals surface area contributed by atoms with Crippen molar-refractivity contribution < 1.29 is 19.1 Å². The fourth-order valence-corrected chi connectivity index (χ4v) is 1.36. The van der Waals surface area contributed by atoms with Gasteiger partial charge in [0.2, 0.25) is 0 Å². The van der Waals surface area contributed by atoms with Crippen LogP contribution in [0.15, 0.2) is 18.2 Å². The molecular weight excluding hydrogens is 265 g/mol. The fourth-order valence-electron chi connectivity index (χ4n) is 1.36. The summed E-state index contributed by atoms with van der Waals surface area (Å²) in [5.74, 6) is -1.67. The van der Waals surface area contributed by atoms with Gasteiger partial charge in [0, 0.05) is 12.2 Å². The molecule has 1 atom stereocenters. The topological polar surface area (TPSA) is 104 Å². The first-order valence-corrected chi connectivity index (χ1v) is 6.12. The summed E-state index contributed by atoms with van der Waals surface area (Å²) >= 11 is 0. The Morgan fingerprint density at radius 2 is 2.10 bits per heavy atom. The summed E-state index contributed by atoms with van der Waals surface area (Å²) < 4.78 is 13.2. The molecule has 0 unspecified atom stereocenters. The Balaban J connectivity index is 2.67. The van der Waals surface area contributed by atoms with Crippen LogP contribution >= 0.6 is 0 Å². The van der Waals surface area contributed by atoms with Crippen molar-refractivity contribution in [2.75, 3.05) is 11.9 Å². The van der Waals surface area contributed by atoms with E-state index in [0.717, 1.165) is 12.1 Å². The third-order valence-corrected chi connectivity index (χ3v) is 2.88. The molecule has 0 aliphatic rings. The number of hydrogen-bond acceptors (Lipinski definition) is 3. The van der Waals surface area contributed by atoms with Crippen molar-refractivity contribution in [1.82, 2.24) is 5.32 Å². The maximum absolute atomic E-state index is 13.2. The number of carbonyl (C=O) groups excluding carboxylic acids is 2. The Morgan fingerprint density at radius 1 is 1.45 bits per heavy atom. The Hall–Kier alpha value is -2.15. The second kappa shape index (κ2) is 6.33. The number of nitrogens with one attached hydrogen (secondary N) is 2. The van der Waals surface area contributed by atoms with Crippen molar-refractivity contribution in [1.29, 1.82) is 0 Å². The lowest BCUT2D eigenvalue weighted by Gasteiger charge is -2.21. The van der Waals surface area contributed by atoms with E-state index in [0.29, 0.717) is 6.42 Å². The number of benzene rings is 1. The molecule has 7 heteroatoms. The molecule has 1 aromatic rings. The Morgan fingerprint density at radius 3 is 2.65 bits per heavy atom. The first-order valence-electron chi connectivity index (χ1n) is 6.12. The highest BCUT2D eigenvalue weighted by Gasteiger charge is 2.18. The number of amides is 3. The number of halogens is 1. The minimum atomic E-state index is -1.00. The molecule has 20 heavy (non-hydrogen) atoms. The first-order chi connectivity index (χ1) is 9.25. The molecule has 0 aliphatic carbocycles. The summed E-state index contributed by atoms with van der Waals surface area (Å²) in [5, 5.41) is 14.6. The highest BCUT2D eigenvalue weighted by atomic mass is 19.1. The predicted molar refractivity (Wildman–Crippen MR) is 72.9 cm³/mol. The number of carbonyl (C=O) groups is 2. The van der Waals surface area contributed by atoms with Crippen LogP contribution in [0.25, 0.3) is 0 Å². The molecule has 0 radical (unpaired) electrons. The van der Waals surface area contributed by atoms with Gasteiger partial charge in [-0.05, 0) is 31.5 Å². The molecule has 0 fully saturated rings. The molecule has 0 saturated carbocycles. The van der Waals surface area contributed by atoms with Crippen LogP contribution in [0.3, 0.4) is 0 Å². The second-order valence-electron chi connectivity index (χ2n) is 4.72. The molecule has 110 valence electrons. The smallest absolute Gasteiger partial charge is 0.319 e. The van der Waals surface area contributed by atoms with Crippen LogP contribution in [0.4, 0.5) is 14.9 Å². The molecule has 6 nitrogen and oxygen atoms in total. The molecule has 0 saturated heterocycles. The van der Waals surface area contributed by atoms with Gasteiger partial charge >= 0.3 is 6.03 Å². The second-order valence-corrected chi connectivity index (χ2v) is 4.72. The van der Waals surface area contributed by atoms with Crippen LogP contribution < -0.4 is 16.4 Å². The van der Waals surface area contributed by atoms with E-state index >= 15 is 0 Å². The first kappa shape index (κ1) is 15.9. The summed E-state index contributed by atoms with van der Waals surface area (Å²) in [4.78, 5) is 22.6. The summed E-state index contributed by atoms with van der Waals surface area (Å²) in [6.07, 6.45) is 0.482. The maximum Gasteiger partial charge on any atom is 0.319 e. The van der Waals surface area contributed by atoms with E-state index in [-0.39, 0.29) is 17.8 Å². The summed E-state index contributed by atoms with van der Waals surface area (Å²) in [5.41, 5.74) is 3.93. The number of hydrogen-bond donors (Lipinski definition) is 4. The lowest BCUT2D eigenvalue weighted by Crippen LogP contribution is -2.41. The predicted octanol–water partition coefficient (Wildman–Crippen LogP) is 1.21. The largest absolute Gasteiger partial charge is 0.388 e. The van der Waals surface area contributed by atoms with Crippen molar-refractivity contribution >= 4 is 17.6 Å². The fraction of sp³-hybridized carbons (Fsp3) is 0.385. The zero-order valence-electron chi connectivity index (χ0n) is 11.4. The van der Waals surface area contributed by atoms with Gasteiger partial charge in [0.25, 0.3) is 5.91 Å². The van der Waals surface area contributed by atoms with Crippen molar-refractivity contribution in [3.63, 3.8) is 0 Å². The molecule has 1 rings (SSSR count). The average molecular weight is 283 g/mol. The van der Waals surface area contributed by atoms with Gasteiger partial charge in [0.05, 0.1) is 11.2 Å². The van der Waals surface area contributed by atoms with Gasteiger partial charge in [-0.2, -0.15) is 0 Å². The molecule has 3 amide bonds. The number of nitrogens with two attached hydrogens (primary N) is 1. The van der Waals surface area contributed by atoms with E-state index in [4.69, 9.17) is 5.73 Å². The van der Waals surface area contributed by atoms with E-state index < -0.39 is 23.4 Å². The number of urea groups is 1. The van der Waals surface area contributed by atoms with Gasteiger partial charge in [-0.25, -0.2) is 9.18 Å². The van der Waals surface area contributed by atoms with Crippen molar-refractivity contribution in [3.8, 4) is 0 Å². The lowest BCUT2D eigenvalue weighted by atomic mass is 10.0. The molecule has 0 heterocycles. The van der Waals surface area contributed by atoms with Gasteiger partial charge in [-0.15, -0.1) is 0 Å². The zero-order chi connectivity index (χ0) is 15.3. The van der Waals surface area contributed by atoms with Crippen LogP contribution in [-0.2, 0) is 0 Å².